The number of aromatic amines is 1. The average Bonchev–Trinajstić information content (AvgIpc) is 2.56. The monoisotopic (exact) mass is 202 g/mol. The number of hydrogen-bond acceptors (Lipinski definition) is 3. The van der Waals surface area contributed by atoms with E-state index in [0.29, 0.717) is 11.4 Å². The Morgan fingerprint density at radius 1 is 1.47 bits per heavy atom. The number of H-pyrrole nitrogens is 1. The van der Waals surface area contributed by atoms with Crippen molar-refractivity contribution in [3.05, 3.63) is 30.0 Å². The standard InChI is InChI=1S/C11H10N2O2/c1-7(14)15-11-8-4-2-3-5-9(8)13-10(11)6-12/h2-6,12-13H,1H3. The zero-order valence-corrected chi connectivity index (χ0v) is 8.20. The fourth-order valence-electron chi connectivity index (χ4n) is 1.49. The number of fused-ring (bicyclic) bond motifs is 1. The third-order valence-electron chi connectivity index (χ3n) is 2.08. The second-order valence-corrected chi connectivity index (χ2v) is 3.15. The molecule has 1 aromatic heterocycles. The molecule has 4 nitrogen and oxygen atoms in total. The molecule has 15 heavy (non-hydrogen) atoms. The molecule has 2 rings (SSSR count). The van der Waals surface area contributed by atoms with Crippen LogP contribution in [0.15, 0.2) is 24.3 Å². The Morgan fingerprint density at radius 2 is 2.20 bits per heavy atom. The number of para-hydroxylation sites is 1. The zero-order valence-electron chi connectivity index (χ0n) is 8.20. The van der Waals surface area contributed by atoms with Crippen LogP contribution in [0.2, 0.25) is 0 Å². The largest absolute Gasteiger partial charge is 0.424 e. The molecule has 1 aromatic carbocycles. The van der Waals surface area contributed by atoms with Gasteiger partial charge in [0.1, 0.15) is 5.69 Å². The van der Waals surface area contributed by atoms with Gasteiger partial charge in [-0.1, -0.05) is 12.1 Å². The summed E-state index contributed by atoms with van der Waals surface area (Å²) in [4.78, 5) is 13.9. The van der Waals surface area contributed by atoms with E-state index in [1.165, 1.54) is 6.92 Å². The summed E-state index contributed by atoms with van der Waals surface area (Å²) >= 11 is 0. The lowest BCUT2D eigenvalue weighted by Crippen LogP contribution is -2.02. The first kappa shape index (κ1) is 9.45. The van der Waals surface area contributed by atoms with Gasteiger partial charge in [0.15, 0.2) is 5.75 Å². The normalized spacial score (nSPS) is 10.2. The van der Waals surface area contributed by atoms with Gasteiger partial charge < -0.3 is 15.1 Å². The highest BCUT2D eigenvalue weighted by atomic mass is 16.5. The predicted molar refractivity (Wildman–Crippen MR) is 57.5 cm³/mol. The van der Waals surface area contributed by atoms with E-state index in [9.17, 15) is 4.79 Å². The molecule has 0 spiro atoms. The van der Waals surface area contributed by atoms with Gasteiger partial charge in [-0.15, -0.1) is 0 Å². The number of hydrogen-bond donors (Lipinski definition) is 2. The fraction of sp³-hybridized carbons (Fsp3) is 0.0909. The van der Waals surface area contributed by atoms with Crippen molar-refractivity contribution in [2.45, 2.75) is 6.92 Å². The maximum atomic E-state index is 10.9. The Morgan fingerprint density at radius 3 is 2.87 bits per heavy atom. The van der Waals surface area contributed by atoms with Crippen molar-refractivity contribution in [1.82, 2.24) is 4.98 Å². The number of rotatable bonds is 2. The minimum atomic E-state index is -0.386. The van der Waals surface area contributed by atoms with Gasteiger partial charge in [0.25, 0.3) is 0 Å². The molecular formula is C11H10N2O2. The van der Waals surface area contributed by atoms with Crippen LogP contribution < -0.4 is 4.74 Å². The molecule has 0 aliphatic heterocycles. The fourth-order valence-corrected chi connectivity index (χ4v) is 1.49. The Hall–Kier alpha value is -2.10. The van der Waals surface area contributed by atoms with Crippen LogP contribution in [0, 0.1) is 5.41 Å². The Labute approximate surface area is 86.4 Å². The van der Waals surface area contributed by atoms with E-state index in [-0.39, 0.29) is 5.97 Å². The molecule has 76 valence electrons. The summed E-state index contributed by atoms with van der Waals surface area (Å²) in [5.74, 6) is 0.0379. The molecular weight excluding hydrogens is 192 g/mol. The third-order valence-corrected chi connectivity index (χ3v) is 2.08. The van der Waals surface area contributed by atoms with E-state index in [2.05, 4.69) is 4.98 Å². The maximum absolute atomic E-state index is 10.9. The van der Waals surface area contributed by atoms with Gasteiger partial charge in [-0.2, -0.15) is 0 Å². The Kier molecular flexibility index (Phi) is 2.25. The van der Waals surface area contributed by atoms with E-state index in [1.807, 2.05) is 24.3 Å². The molecule has 0 atom stereocenters. The van der Waals surface area contributed by atoms with Crippen molar-refractivity contribution in [1.29, 1.82) is 5.41 Å². The summed E-state index contributed by atoms with van der Waals surface area (Å²) in [7, 11) is 0. The number of esters is 1. The molecule has 0 unspecified atom stereocenters. The van der Waals surface area contributed by atoms with Crippen LogP contribution in [0.5, 0.6) is 5.75 Å². The first-order valence-corrected chi connectivity index (χ1v) is 4.52. The van der Waals surface area contributed by atoms with Crippen molar-refractivity contribution >= 4 is 23.1 Å². The highest BCUT2D eigenvalue weighted by Gasteiger charge is 2.12. The number of nitrogens with one attached hydrogen (secondary N) is 2. The van der Waals surface area contributed by atoms with Gasteiger partial charge in [-0.25, -0.2) is 0 Å². The first-order valence-electron chi connectivity index (χ1n) is 4.52. The summed E-state index contributed by atoms with van der Waals surface area (Å²) in [5, 5.41) is 8.03. The highest BCUT2D eigenvalue weighted by molar-refractivity contribution is 5.97. The molecule has 2 aromatic rings. The lowest BCUT2D eigenvalue weighted by atomic mass is 10.2. The molecule has 2 N–H and O–H groups in total. The van der Waals surface area contributed by atoms with Crippen molar-refractivity contribution in [2.24, 2.45) is 0 Å². The van der Waals surface area contributed by atoms with E-state index in [1.54, 1.807) is 0 Å². The second kappa shape index (κ2) is 3.57. The summed E-state index contributed by atoms with van der Waals surface area (Å²) in [6, 6.07) is 7.45. The molecule has 0 aliphatic carbocycles. The molecule has 0 radical (unpaired) electrons. The maximum Gasteiger partial charge on any atom is 0.308 e. The van der Waals surface area contributed by atoms with Gasteiger partial charge in [0.05, 0.1) is 0 Å². The molecule has 4 heteroatoms. The van der Waals surface area contributed by atoms with Crippen molar-refractivity contribution in [3.63, 3.8) is 0 Å². The van der Waals surface area contributed by atoms with Gasteiger partial charge in [-0.3, -0.25) is 4.79 Å². The lowest BCUT2D eigenvalue weighted by molar-refractivity contribution is -0.131. The predicted octanol–water partition coefficient (Wildman–Crippen LogP) is 2.09. The summed E-state index contributed by atoms with van der Waals surface area (Å²) in [6.45, 7) is 1.34. The topological polar surface area (TPSA) is 65.9 Å². The van der Waals surface area contributed by atoms with Gasteiger partial charge in [-0.05, 0) is 12.1 Å². The quantitative estimate of drug-likeness (QED) is 0.578. The minimum Gasteiger partial charge on any atom is -0.424 e. The van der Waals surface area contributed by atoms with Gasteiger partial charge >= 0.3 is 5.97 Å². The van der Waals surface area contributed by atoms with Crippen LogP contribution in [0.1, 0.15) is 12.6 Å². The SMILES string of the molecule is CC(=O)Oc1c(C=N)[nH]c2ccccc12. The van der Waals surface area contributed by atoms with Crippen molar-refractivity contribution in [2.75, 3.05) is 0 Å². The average molecular weight is 202 g/mol. The highest BCUT2D eigenvalue weighted by Crippen LogP contribution is 2.28. The molecule has 0 aliphatic rings. The number of aromatic nitrogens is 1. The molecule has 1 heterocycles. The Balaban J connectivity index is 2.66. The van der Waals surface area contributed by atoms with Crippen LogP contribution >= 0.6 is 0 Å². The summed E-state index contributed by atoms with van der Waals surface area (Å²) < 4.78 is 5.07. The van der Waals surface area contributed by atoms with E-state index in [0.717, 1.165) is 17.1 Å². The second-order valence-electron chi connectivity index (χ2n) is 3.15. The summed E-state index contributed by atoms with van der Waals surface area (Å²) in [5.41, 5.74) is 1.36. The number of benzene rings is 1. The van der Waals surface area contributed by atoms with Gasteiger partial charge in [0, 0.05) is 24.0 Å². The molecule has 0 saturated carbocycles. The lowest BCUT2D eigenvalue weighted by Gasteiger charge is -1.99. The van der Waals surface area contributed by atoms with Crippen LogP contribution in [0.4, 0.5) is 0 Å². The molecule has 0 bridgehead atoms. The van der Waals surface area contributed by atoms with Crippen LogP contribution in [0.3, 0.4) is 0 Å². The van der Waals surface area contributed by atoms with Crippen molar-refractivity contribution in [3.8, 4) is 5.75 Å². The third kappa shape index (κ3) is 1.61. The minimum absolute atomic E-state index is 0.386. The smallest absolute Gasteiger partial charge is 0.308 e. The first-order chi connectivity index (χ1) is 7.22. The number of ether oxygens (including phenoxy) is 1. The van der Waals surface area contributed by atoms with Crippen LogP contribution in [-0.4, -0.2) is 17.2 Å². The Bertz CT molecular complexity index is 528. The van der Waals surface area contributed by atoms with Gasteiger partial charge in [0.2, 0.25) is 0 Å². The number of carbonyl (C=O) groups is 1. The molecule has 0 saturated heterocycles. The van der Waals surface area contributed by atoms with Crippen LogP contribution in [0.25, 0.3) is 10.9 Å². The van der Waals surface area contributed by atoms with E-state index in [4.69, 9.17) is 10.1 Å². The van der Waals surface area contributed by atoms with Crippen LogP contribution in [-0.2, 0) is 4.79 Å². The van der Waals surface area contributed by atoms with Crippen molar-refractivity contribution < 1.29 is 9.53 Å². The van der Waals surface area contributed by atoms with E-state index >= 15 is 0 Å². The molecule has 0 fully saturated rings. The van der Waals surface area contributed by atoms with E-state index < -0.39 is 0 Å². The molecule has 0 amide bonds. The zero-order chi connectivity index (χ0) is 10.8. The number of carbonyl (C=O) groups excluding carboxylic acids is 1. The summed E-state index contributed by atoms with van der Waals surface area (Å²) in [6.07, 6.45) is 1.14.